The maximum atomic E-state index is 12.6. The monoisotopic (exact) mass is 404 g/mol. The third-order valence-electron chi connectivity index (χ3n) is 4.05. The van der Waals surface area contributed by atoms with Crippen LogP contribution in [0.4, 0.5) is 0 Å². The van der Waals surface area contributed by atoms with Crippen molar-refractivity contribution in [3.63, 3.8) is 0 Å². The Bertz CT molecular complexity index is 1170. The molecular weight excluding hydrogens is 384 g/mol. The molecule has 0 amide bonds. The molecule has 0 aromatic heterocycles. The predicted molar refractivity (Wildman–Crippen MR) is 114 cm³/mol. The normalized spacial score (nSPS) is 11.3. The molecule has 0 saturated carbocycles. The van der Waals surface area contributed by atoms with Crippen molar-refractivity contribution < 1.29 is 13.2 Å². The molecular formula is C23H20N2O3S. The lowest BCUT2D eigenvalue weighted by Gasteiger charge is -2.05. The maximum absolute atomic E-state index is 12.6. The quantitative estimate of drug-likeness (QED) is 0.400. The topological polar surface area (TPSA) is 67.8 Å². The molecule has 0 unspecified atom stereocenters. The summed E-state index contributed by atoms with van der Waals surface area (Å²) in [6.45, 7) is 1.89. The van der Waals surface area contributed by atoms with E-state index in [1.807, 2.05) is 55.5 Å². The summed E-state index contributed by atoms with van der Waals surface area (Å²) in [6, 6.07) is 23.0. The van der Waals surface area contributed by atoms with Crippen LogP contribution in [0.3, 0.4) is 0 Å². The van der Waals surface area contributed by atoms with Gasteiger partial charge in [0, 0.05) is 11.1 Å². The fraction of sp³-hybridized carbons (Fsp3) is 0.0870. The van der Waals surface area contributed by atoms with Crippen molar-refractivity contribution in [1.82, 2.24) is 4.83 Å². The summed E-state index contributed by atoms with van der Waals surface area (Å²) in [5.74, 6) is 6.65. The predicted octanol–water partition coefficient (Wildman–Crippen LogP) is 3.74. The van der Waals surface area contributed by atoms with E-state index in [9.17, 15) is 8.42 Å². The van der Waals surface area contributed by atoms with Crippen molar-refractivity contribution in [3.8, 4) is 17.6 Å². The molecule has 0 radical (unpaired) electrons. The van der Waals surface area contributed by atoms with Gasteiger partial charge in [0.2, 0.25) is 0 Å². The van der Waals surface area contributed by atoms with E-state index >= 15 is 0 Å². The number of nitrogens with one attached hydrogen (secondary N) is 1. The van der Waals surface area contributed by atoms with E-state index in [4.69, 9.17) is 4.74 Å². The lowest BCUT2D eigenvalue weighted by atomic mass is 10.1. The number of benzene rings is 3. The molecule has 0 bridgehead atoms. The molecule has 0 atom stereocenters. The second-order valence-corrected chi connectivity index (χ2v) is 7.88. The molecule has 29 heavy (non-hydrogen) atoms. The summed E-state index contributed by atoms with van der Waals surface area (Å²) in [7, 11) is -2.21. The van der Waals surface area contributed by atoms with Crippen LogP contribution >= 0.6 is 0 Å². The first-order valence-electron chi connectivity index (χ1n) is 8.85. The average Bonchev–Trinajstić information content (AvgIpc) is 2.75. The van der Waals surface area contributed by atoms with Gasteiger partial charge in [-0.25, -0.2) is 0 Å². The minimum absolute atomic E-state index is 0.139. The lowest BCUT2D eigenvalue weighted by molar-refractivity contribution is 0.414. The molecule has 5 nitrogen and oxygen atoms in total. The Labute approximate surface area is 171 Å². The van der Waals surface area contributed by atoms with Crippen molar-refractivity contribution in [2.75, 3.05) is 7.11 Å². The molecule has 0 aliphatic rings. The third-order valence-corrected chi connectivity index (χ3v) is 5.28. The highest BCUT2D eigenvalue weighted by molar-refractivity contribution is 7.89. The van der Waals surface area contributed by atoms with E-state index in [-0.39, 0.29) is 4.90 Å². The molecule has 0 aliphatic carbocycles. The SMILES string of the molecule is COc1cccc(C#C/C(=N/NS(=O)(=O)c2ccc(C)cc2)c2ccccc2)c1. The number of methoxy groups -OCH3 is 1. The van der Waals surface area contributed by atoms with Gasteiger partial charge >= 0.3 is 0 Å². The smallest absolute Gasteiger partial charge is 0.276 e. The Hall–Kier alpha value is -3.56. The van der Waals surface area contributed by atoms with Crippen LogP contribution in [0.15, 0.2) is 88.9 Å². The lowest BCUT2D eigenvalue weighted by Crippen LogP contribution is -2.20. The van der Waals surface area contributed by atoms with E-state index in [1.165, 1.54) is 12.1 Å². The molecule has 6 heteroatoms. The number of hydrogen-bond acceptors (Lipinski definition) is 4. The fourth-order valence-corrected chi connectivity index (χ4v) is 3.28. The number of aryl methyl sites for hydroxylation is 1. The molecule has 0 aliphatic heterocycles. The molecule has 3 rings (SSSR count). The summed E-state index contributed by atoms with van der Waals surface area (Å²) in [5.41, 5.74) is 2.72. The van der Waals surface area contributed by atoms with Crippen molar-refractivity contribution in [2.45, 2.75) is 11.8 Å². The summed E-state index contributed by atoms with van der Waals surface area (Å²) >= 11 is 0. The van der Waals surface area contributed by atoms with Crippen molar-refractivity contribution in [1.29, 1.82) is 0 Å². The first kappa shape index (κ1) is 20.2. The molecule has 0 spiro atoms. The number of nitrogens with zero attached hydrogens (tertiary/aromatic N) is 1. The average molecular weight is 404 g/mol. The van der Waals surface area contributed by atoms with E-state index in [0.717, 1.165) is 11.1 Å². The van der Waals surface area contributed by atoms with E-state index < -0.39 is 10.0 Å². The Morgan fingerprint density at radius 3 is 2.38 bits per heavy atom. The van der Waals surface area contributed by atoms with Crippen LogP contribution in [0.5, 0.6) is 5.75 Å². The Morgan fingerprint density at radius 1 is 0.966 bits per heavy atom. The van der Waals surface area contributed by atoms with Crippen molar-refractivity contribution >= 4 is 15.7 Å². The van der Waals surface area contributed by atoms with Gasteiger partial charge in [0.25, 0.3) is 10.0 Å². The zero-order valence-corrected chi connectivity index (χ0v) is 16.9. The molecule has 1 N–H and O–H groups in total. The number of ether oxygens (including phenoxy) is 1. The number of hydrogen-bond donors (Lipinski definition) is 1. The molecule has 0 saturated heterocycles. The standard InChI is InChI=1S/C23H20N2O3S/c1-18-11-14-22(15-12-18)29(26,27)25-24-23(20-8-4-3-5-9-20)16-13-19-7-6-10-21(17-19)28-2/h3-12,14-15,17,25H,1-2H3/b24-23-. The summed E-state index contributed by atoms with van der Waals surface area (Å²) in [4.78, 5) is 2.42. The van der Waals surface area contributed by atoms with Gasteiger partial charge in [-0.2, -0.15) is 18.4 Å². The van der Waals surface area contributed by atoms with Crippen LogP contribution in [-0.4, -0.2) is 21.2 Å². The number of rotatable bonds is 5. The first-order chi connectivity index (χ1) is 14.0. The highest BCUT2D eigenvalue weighted by atomic mass is 32.2. The van der Waals surface area contributed by atoms with Gasteiger partial charge in [-0.15, -0.1) is 0 Å². The third kappa shape index (κ3) is 5.47. The highest BCUT2D eigenvalue weighted by Gasteiger charge is 2.13. The highest BCUT2D eigenvalue weighted by Crippen LogP contribution is 2.12. The van der Waals surface area contributed by atoms with Gasteiger partial charge in [0.15, 0.2) is 0 Å². The Balaban J connectivity index is 1.94. The molecule has 146 valence electrons. The van der Waals surface area contributed by atoms with Gasteiger partial charge in [-0.05, 0) is 43.2 Å². The molecule has 3 aromatic rings. The largest absolute Gasteiger partial charge is 0.497 e. The van der Waals surface area contributed by atoms with Crippen LogP contribution in [0.2, 0.25) is 0 Å². The first-order valence-corrected chi connectivity index (χ1v) is 10.3. The second kappa shape index (κ2) is 9.09. The summed E-state index contributed by atoms with van der Waals surface area (Å²) in [5, 5.41) is 4.10. The Kier molecular flexibility index (Phi) is 6.32. The van der Waals surface area contributed by atoms with Crippen molar-refractivity contribution in [2.24, 2.45) is 5.10 Å². The number of hydrazone groups is 1. The van der Waals surface area contributed by atoms with Crippen LogP contribution < -0.4 is 9.57 Å². The maximum Gasteiger partial charge on any atom is 0.276 e. The van der Waals surface area contributed by atoms with E-state index in [1.54, 1.807) is 25.3 Å². The van der Waals surface area contributed by atoms with Crippen LogP contribution in [0.25, 0.3) is 0 Å². The van der Waals surface area contributed by atoms with Gasteiger partial charge in [-0.1, -0.05) is 60.0 Å². The van der Waals surface area contributed by atoms with Gasteiger partial charge in [-0.3, -0.25) is 0 Å². The minimum atomic E-state index is -3.80. The van der Waals surface area contributed by atoms with E-state index in [0.29, 0.717) is 17.0 Å². The van der Waals surface area contributed by atoms with E-state index in [2.05, 4.69) is 21.8 Å². The summed E-state index contributed by atoms with van der Waals surface area (Å²) < 4.78 is 30.3. The molecule has 0 fully saturated rings. The van der Waals surface area contributed by atoms with Crippen LogP contribution in [-0.2, 0) is 10.0 Å². The summed E-state index contributed by atoms with van der Waals surface area (Å²) in [6.07, 6.45) is 0. The zero-order valence-electron chi connectivity index (χ0n) is 16.1. The zero-order chi connectivity index (χ0) is 20.7. The number of sulfonamides is 1. The Morgan fingerprint density at radius 2 is 1.69 bits per heavy atom. The molecule has 0 heterocycles. The molecule has 3 aromatic carbocycles. The van der Waals surface area contributed by atoms with Crippen molar-refractivity contribution in [3.05, 3.63) is 95.6 Å². The van der Waals surface area contributed by atoms with Crippen LogP contribution in [0, 0.1) is 18.8 Å². The van der Waals surface area contributed by atoms with Gasteiger partial charge in [0.05, 0.1) is 12.0 Å². The van der Waals surface area contributed by atoms with Gasteiger partial charge in [0.1, 0.15) is 11.5 Å². The van der Waals surface area contributed by atoms with Gasteiger partial charge < -0.3 is 4.74 Å². The fourth-order valence-electron chi connectivity index (χ4n) is 2.47. The minimum Gasteiger partial charge on any atom is -0.497 e. The van der Waals surface area contributed by atoms with Crippen LogP contribution in [0.1, 0.15) is 16.7 Å². The second-order valence-electron chi connectivity index (χ2n) is 6.22.